The zero-order valence-corrected chi connectivity index (χ0v) is 10.5. The maximum absolute atomic E-state index is 11.6. The van der Waals surface area contributed by atoms with E-state index in [2.05, 4.69) is 30.1 Å². The Balaban J connectivity index is 2.67. The van der Waals surface area contributed by atoms with Crippen molar-refractivity contribution in [3.05, 3.63) is 5.82 Å². The van der Waals surface area contributed by atoms with Crippen LogP contribution in [0.5, 0.6) is 0 Å². The molecule has 1 unspecified atom stereocenters. The van der Waals surface area contributed by atoms with Gasteiger partial charge in [-0.3, -0.25) is 0 Å². The quantitative estimate of drug-likeness (QED) is 0.664. The van der Waals surface area contributed by atoms with Crippen molar-refractivity contribution in [2.75, 3.05) is 0 Å². The van der Waals surface area contributed by atoms with Gasteiger partial charge in [-0.2, -0.15) is 23.1 Å². The van der Waals surface area contributed by atoms with Crippen molar-refractivity contribution in [2.45, 2.75) is 39.3 Å². The van der Waals surface area contributed by atoms with Gasteiger partial charge in [0.05, 0.1) is 6.04 Å². The summed E-state index contributed by atoms with van der Waals surface area (Å²) < 4.78 is 28.1. The van der Waals surface area contributed by atoms with Gasteiger partial charge in [0.15, 0.2) is 5.82 Å². The van der Waals surface area contributed by atoms with Crippen molar-refractivity contribution in [1.29, 1.82) is 0 Å². The Kier molecular flexibility index (Phi) is 3.61. The highest BCUT2D eigenvalue weighted by molar-refractivity contribution is 7.87. The molecule has 0 amide bonds. The molecule has 0 aliphatic rings. The number of nitrogens with zero attached hydrogens (tertiary/aromatic N) is 3. The average Bonchev–Trinajstić information content (AvgIpc) is 2.48. The second-order valence-corrected chi connectivity index (χ2v) is 5.91. The average molecular weight is 248 g/mol. The van der Waals surface area contributed by atoms with Crippen LogP contribution in [0.25, 0.3) is 0 Å². The Hall–Kier alpha value is -1.06. The van der Waals surface area contributed by atoms with Gasteiger partial charge in [0.1, 0.15) is 0 Å². The Morgan fingerprint density at radius 1 is 1.38 bits per heavy atom. The van der Waals surface area contributed by atoms with Crippen LogP contribution < -0.4 is 9.44 Å². The number of H-pyrrole nitrogens is 1. The van der Waals surface area contributed by atoms with Gasteiger partial charge in [-0.15, -0.1) is 10.2 Å². The highest BCUT2D eigenvalue weighted by Gasteiger charge is 2.23. The molecule has 1 atom stereocenters. The zero-order valence-electron chi connectivity index (χ0n) is 9.64. The molecule has 1 aromatic rings. The van der Waals surface area contributed by atoms with E-state index in [1.165, 1.54) is 0 Å². The molecule has 1 aromatic heterocycles. The van der Waals surface area contributed by atoms with E-state index in [1.54, 1.807) is 27.7 Å². The first-order chi connectivity index (χ1) is 7.20. The lowest BCUT2D eigenvalue weighted by atomic mass is 10.1. The molecule has 3 N–H and O–H groups in total. The van der Waals surface area contributed by atoms with Gasteiger partial charge in [-0.05, 0) is 27.7 Å². The fourth-order valence-corrected chi connectivity index (χ4v) is 2.51. The highest BCUT2D eigenvalue weighted by atomic mass is 32.2. The highest BCUT2D eigenvalue weighted by Crippen LogP contribution is 2.07. The summed E-state index contributed by atoms with van der Waals surface area (Å²) in [7, 11) is -3.59. The maximum Gasteiger partial charge on any atom is 0.278 e. The molecular weight excluding hydrogens is 232 g/mol. The number of nitrogens with one attached hydrogen (secondary N) is 3. The maximum atomic E-state index is 11.6. The Morgan fingerprint density at radius 2 is 2.00 bits per heavy atom. The lowest BCUT2D eigenvalue weighted by Gasteiger charge is -2.21. The summed E-state index contributed by atoms with van der Waals surface area (Å²) in [6.07, 6.45) is 0. The Bertz CT molecular complexity index is 420. The molecule has 0 radical (unpaired) electrons. The van der Waals surface area contributed by atoms with Crippen LogP contribution in [0.3, 0.4) is 0 Å². The smallest absolute Gasteiger partial charge is 0.197 e. The van der Waals surface area contributed by atoms with Crippen molar-refractivity contribution >= 4 is 10.2 Å². The standard InChI is InChI=1S/C7H16N6O2S/c1-5(6-8-12-13-9-6)10-16(14,15)11-7(2,3)4/h5,10-11H,1-4H3,(H,8,9,12,13). The number of hydrogen-bond donors (Lipinski definition) is 3. The molecule has 1 rings (SSSR count). The molecule has 1 heterocycles. The molecule has 0 fully saturated rings. The van der Waals surface area contributed by atoms with Crippen LogP contribution in [0.15, 0.2) is 0 Å². The van der Waals surface area contributed by atoms with Crippen molar-refractivity contribution in [3.8, 4) is 0 Å². The zero-order chi connectivity index (χ0) is 12.4. The van der Waals surface area contributed by atoms with Crippen molar-refractivity contribution in [3.63, 3.8) is 0 Å². The second-order valence-electron chi connectivity index (χ2n) is 4.47. The summed E-state index contributed by atoms with van der Waals surface area (Å²) >= 11 is 0. The predicted molar refractivity (Wildman–Crippen MR) is 57.5 cm³/mol. The van der Waals surface area contributed by atoms with Gasteiger partial charge in [0, 0.05) is 5.54 Å². The summed E-state index contributed by atoms with van der Waals surface area (Å²) in [5.74, 6) is 0.291. The topological polar surface area (TPSA) is 113 Å². The number of rotatable bonds is 4. The van der Waals surface area contributed by atoms with E-state index >= 15 is 0 Å². The van der Waals surface area contributed by atoms with Gasteiger partial charge in [0.2, 0.25) is 0 Å². The van der Waals surface area contributed by atoms with Crippen LogP contribution in [0.4, 0.5) is 0 Å². The molecule has 8 nitrogen and oxygen atoms in total. The van der Waals surface area contributed by atoms with Gasteiger partial charge in [-0.25, -0.2) is 0 Å². The van der Waals surface area contributed by atoms with E-state index < -0.39 is 21.8 Å². The third-order valence-corrected chi connectivity index (χ3v) is 3.07. The van der Waals surface area contributed by atoms with Gasteiger partial charge in [0.25, 0.3) is 10.2 Å². The minimum absolute atomic E-state index is 0.291. The van der Waals surface area contributed by atoms with Crippen LogP contribution in [0.1, 0.15) is 39.6 Å². The summed E-state index contributed by atoms with van der Waals surface area (Å²) in [6.45, 7) is 6.90. The monoisotopic (exact) mass is 248 g/mol. The van der Waals surface area contributed by atoms with Crippen LogP contribution in [0.2, 0.25) is 0 Å². The molecule has 0 aliphatic heterocycles. The summed E-state index contributed by atoms with van der Waals surface area (Å²) in [6, 6.07) is -0.543. The van der Waals surface area contributed by atoms with E-state index in [0.29, 0.717) is 5.82 Å². The van der Waals surface area contributed by atoms with E-state index in [9.17, 15) is 8.42 Å². The third kappa shape index (κ3) is 4.21. The van der Waals surface area contributed by atoms with Crippen LogP contribution in [0, 0.1) is 0 Å². The summed E-state index contributed by atoms with van der Waals surface area (Å²) in [5, 5.41) is 13.0. The summed E-state index contributed by atoms with van der Waals surface area (Å²) in [4.78, 5) is 0. The minimum Gasteiger partial charge on any atom is -0.197 e. The Labute approximate surface area is 94.4 Å². The van der Waals surface area contributed by atoms with E-state index in [-0.39, 0.29) is 0 Å². The lowest BCUT2D eigenvalue weighted by molar-refractivity contribution is 0.476. The largest absolute Gasteiger partial charge is 0.278 e. The van der Waals surface area contributed by atoms with Crippen LogP contribution in [-0.4, -0.2) is 34.6 Å². The molecule has 0 aliphatic carbocycles. The second kappa shape index (κ2) is 4.44. The van der Waals surface area contributed by atoms with Crippen LogP contribution in [-0.2, 0) is 10.2 Å². The van der Waals surface area contributed by atoms with Crippen molar-refractivity contribution in [2.24, 2.45) is 0 Å². The fourth-order valence-electron chi connectivity index (χ4n) is 1.07. The molecule has 0 spiro atoms. The molecule has 92 valence electrons. The van der Waals surface area contributed by atoms with E-state index in [0.717, 1.165) is 0 Å². The first-order valence-corrected chi connectivity index (χ1v) is 6.22. The summed E-state index contributed by atoms with van der Waals surface area (Å²) in [5.41, 5.74) is -0.539. The van der Waals surface area contributed by atoms with Crippen molar-refractivity contribution < 1.29 is 8.42 Å². The molecule has 16 heavy (non-hydrogen) atoms. The molecule has 0 aromatic carbocycles. The fraction of sp³-hybridized carbons (Fsp3) is 0.857. The van der Waals surface area contributed by atoms with Gasteiger partial charge in [-0.1, -0.05) is 5.21 Å². The normalized spacial score (nSPS) is 15.0. The van der Waals surface area contributed by atoms with Gasteiger partial charge < -0.3 is 0 Å². The van der Waals surface area contributed by atoms with Crippen LogP contribution >= 0.6 is 0 Å². The molecule has 9 heteroatoms. The minimum atomic E-state index is -3.59. The molecule has 0 saturated heterocycles. The predicted octanol–water partition coefficient (Wildman–Crippen LogP) is -0.517. The number of aromatic nitrogens is 4. The number of aromatic amines is 1. The van der Waals surface area contributed by atoms with Crippen molar-refractivity contribution in [1.82, 2.24) is 30.1 Å². The SMILES string of the molecule is CC(NS(=O)(=O)NC(C)(C)C)c1nn[nH]n1. The number of hydrogen-bond acceptors (Lipinski definition) is 5. The molecule has 0 saturated carbocycles. The third-order valence-electron chi connectivity index (χ3n) is 1.52. The molecular formula is C7H16N6O2S. The van der Waals surface area contributed by atoms with E-state index in [1.807, 2.05) is 0 Å². The Morgan fingerprint density at radius 3 is 2.44 bits per heavy atom. The first kappa shape index (κ1) is 13.0. The number of tetrazole rings is 1. The van der Waals surface area contributed by atoms with Gasteiger partial charge >= 0.3 is 0 Å². The van der Waals surface area contributed by atoms with E-state index in [4.69, 9.17) is 0 Å². The molecule has 0 bridgehead atoms. The first-order valence-electron chi connectivity index (χ1n) is 4.74. The lowest BCUT2D eigenvalue weighted by Crippen LogP contribution is -2.47.